The molecule has 0 amide bonds. The molecule has 3 atom stereocenters. The molecule has 1 unspecified atom stereocenters. The summed E-state index contributed by atoms with van der Waals surface area (Å²) in [5.74, 6) is 2.33. The Balaban J connectivity index is 1.76. The Morgan fingerprint density at radius 2 is 2.12 bits per heavy atom. The first kappa shape index (κ1) is 11.1. The van der Waals surface area contributed by atoms with Gasteiger partial charge in [0.2, 0.25) is 0 Å². The van der Waals surface area contributed by atoms with Crippen LogP contribution in [0.5, 0.6) is 0 Å². The monoisotopic (exact) mass is 230 g/mol. The molecule has 2 heteroatoms. The molecule has 1 saturated heterocycles. The molecule has 2 heterocycles. The van der Waals surface area contributed by atoms with E-state index in [1.165, 1.54) is 37.2 Å². The largest absolute Gasteiger partial charge is 0.384 e. The van der Waals surface area contributed by atoms with Gasteiger partial charge in [-0.05, 0) is 49.4 Å². The van der Waals surface area contributed by atoms with Crippen molar-refractivity contribution in [1.82, 2.24) is 5.32 Å². The van der Waals surface area contributed by atoms with Crippen LogP contribution in [-0.2, 0) is 0 Å². The summed E-state index contributed by atoms with van der Waals surface area (Å²) in [6, 6.07) is 8.81. The molecule has 2 nitrogen and oxygen atoms in total. The second-order valence-electron chi connectivity index (χ2n) is 5.54. The lowest BCUT2D eigenvalue weighted by Gasteiger charge is -2.32. The van der Waals surface area contributed by atoms with Crippen LogP contribution >= 0.6 is 0 Å². The lowest BCUT2D eigenvalue weighted by Crippen LogP contribution is -2.35. The van der Waals surface area contributed by atoms with Gasteiger partial charge in [-0.25, -0.2) is 0 Å². The van der Waals surface area contributed by atoms with E-state index < -0.39 is 0 Å². The highest BCUT2D eigenvalue weighted by Gasteiger charge is 2.32. The number of hydrogen-bond acceptors (Lipinski definition) is 2. The molecule has 17 heavy (non-hydrogen) atoms. The Bertz CT molecular complexity index is 382. The van der Waals surface area contributed by atoms with Crippen LogP contribution in [0.25, 0.3) is 0 Å². The molecule has 1 fully saturated rings. The van der Waals surface area contributed by atoms with E-state index in [9.17, 15) is 0 Å². The number of rotatable bonds is 2. The molecular formula is C15H22N2. The highest BCUT2D eigenvalue weighted by molar-refractivity contribution is 5.57. The van der Waals surface area contributed by atoms with E-state index in [-0.39, 0.29) is 0 Å². The molecule has 0 saturated carbocycles. The molecule has 3 rings (SSSR count). The zero-order valence-corrected chi connectivity index (χ0v) is 10.6. The molecule has 0 radical (unpaired) electrons. The first-order valence-electron chi connectivity index (χ1n) is 6.90. The molecule has 2 aliphatic rings. The van der Waals surface area contributed by atoms with Crippen molar-refractivity contribution in [2.75, 3.05) is 25.0 Å². The predicted molar refractivity (Wildman–Crippen MR) is 72.4 cm³/mol. The van der Waals surface area contributed by atoms with Crippen molar-refractivity contribution < 1.29 is 0 Å². The van der Waals surface area contributed by atoms with E-state index in [1.54, 1.807) is 0 Å². The Kier molecular flexibility index (Phi) is 3.06. The Morgan fingerprint density at radius 1 is 1.24 bits per heavy atom. The van der Waals surface area contributed by atoms with Crippen LogP contribution in [0.3, 0.4) is 0 Å². The quantitative estimate of drug-likeness (QED) is 0.816. The Hall–Kier alpha value is -1.02. The molecule has 92 valence electrons. The molecule has 0 spiro atoms. The van der Waals surface area contributed by atoms with Crippen LogP contribution in [0.1, 0.15) is 31.2 Å². The van der Waals surface area contributed by atoms with E-state index in [0.29, 0.717) is 5.92 Å². The number of nitrogens with one attached hydrogen (secondary N) is 2. The Morgan fingerprint density at radius 3 is 2.94 bits per heavy atom. The molecular weight excluding hydrogens is 208 g/mol. The fraction of sp³-hybridized carbons (Fsp3) is 0.600. The van der Waals surface area contributed by atoms with Gasteiger partial charge in [-0.15, -0.1) is 0 Å². The van der Waals surface area contributed by atoms with E-state index in [4.69, 9.17) is 0 Å². The van der Waals surface area contributed by atoms with Gasteiger partial charge in [0.15, 0.2) is 0 Å². The summed E-state index contributed by atoms with van der Waals surface area (Å²) in [7, 11) is 0. The summed E-state index contributed by atoms with van der Waals surface area (Å²) in [6.07, 6.45) is 2.74. The Labute approximate surface area is 104 Å². The molecule has 0 aliphatic carbocycles. The van der Waals surface area contributed by atoms with E-state index in [0.717, 1.165) is 18.4 Å². The van der Waals surface area contributed by atoms with Gasteiger partial charge >= 0.3 is 0 Å². The second kappa shape index (κ2) is 4.69. The number of anilines is 1. The van der Waals surface area contributed by atoms with Gasteiger partial charge in [0.25, 0.3) is 0 Å². The van der Waals surface area contributed by atoms with Crippen LogP contribution in [0.15, 0.2) is 24.3 Å². The molecule has 1 aromatic rings. The second-order valence-corrected chi connectivity index (χ2v) is 5.54. The third-order valence-electron chi connectivity index (χ3n) is 4.59. The topological polar surface area (TPSA) is 24.1 Å². The first-order chi connectivity index (χ1) is 8.36. The van der Waals surface area contributed by atoms with Crippen LogP contribution < -0.4 is 10.6 Å². The van der Waals surface area contributed by atoms with Crippen LogP contribution in [0.4, 0.5) is 5.69 Å². The minimum Gasteiger partial charge on any atom is -0.384 e. The van der Waals surface area contributed by atoms with Crippen molar-refractivity contribution in [2.45, 2.75) is 25.7 Å². The SMILES string of the molecule is C[C@H](C1CNc2ccccc21)[C@H]1CCCNC1. The number of piperidine rings is 1. The fourth-order valence-corrected chi connectivity index (χ4v) is 3.44. The molecule has 0 aromatic heterocycles. The summed E-state index contributed by atoms with van der Waals surface area (Å²) in [5, 5.41) is 7.09. The van der Waals surface area contributed by atoms with Crippen molar-refractivity contribution >= 4 is 5.69 Å². The predicted octanol–water partition coefficient (Wildman–Crippen LogP) is 2.83. The highest BCUT2D eigenvalue weighted by atomic mass is 14.9. The van der Waals surface area contributed by atoms with Gasteiger partial charge in [0.05, 0.1) is 0 Å². The van der Waals surface area contributed by atoms with Gasteiger partial charge < -0.3 is 10.6 Å². The summed E-state index contributed by atoms with van der Waals surface area (Å²) < 4.78 is 0. The third kappa shape index (κ3) is 2.06. The zero-order valence-electron chi connectivity index (χ0n) is 10.6. The molecule has 0 bridgehead atoms. The number of benzene rings is 1. The van der Waals surface area contributed by atoms with E-state index >= 15 is 0 Å². The average molecular weight is 230 g/mol. The maximum Gasteiger partial charge on any atom is 0.0376 e. The fourth-order valence-electron chi connectivity index (χ4n) is 3.44. The maximum atomic E-state index is 3.55. The zero-order chi connectivity index (χ0) is 11.7. The lowest BCUT2D eigenvalue weighted by molar-refractivity contribution is 0.253. The number of hydrogen-bond donors (Lipinski definition) is 2. The average Bonchev–Trinajstić information content (AvgIpc) is 2.83. The van der Waals surface area contributed by atoms with Gasteiger partial charge in [0.1, 0.15) is 0 Å². The first-order valence-corrected chi connectivity index (χ1v) is 6.90. The third-order valence-corrected chi connectivity index (χ3v) is 4.59. The maximum absolute atomic E-state index is 3.55. The normalized spacial score (nSPS) is 29.5. The van der Waals surface area contributed by atoms with Crippen LogP contribution in [-0.4, -0.2) is 19.6 Å². The summed E-state index contributed by atoms with van der Waals surface area (Å²) >= 11 is 0. The van der Waals surface area contributed by atoms with Gasteiger partial charge in [-0.1, -0.05) is 25.1 Å². The smallest absolute Gasteiger partial charge is 0.0376 e. The standard InChI is InChI=1S/C15H22N2/c1-11(12-5-4-8-16-9-12)14-10-17-15-7-3-2-6-13(14)15/h2-3,6-7,11-12,14,16-17H,4-5,8-10H2,1H3/t11-,12-,14?/m0/s1. The van der Waals surface area contributed by atoms with Crippen molar-refractivity contribution in [3.8, 4) is 0 Å². The summed E-state index contributed by atoms with van der Waals surface area (Å²) in [4.78, 5) is 0. The van der Waals surface area contributed by atoms with Crippen molar-refractivity contribution in [1.29, 1.82) is 0 Å². The van der Waals surface area contributed by atoms with Gasteiger partial charge in [-0.2, -0.15) is 0 Å². The molecule has 2 N–H and O–H groups in total. The molecule has 2 aliphatic heterocycles. The molecule has 1 aromatic carbocycles. The van der Waals surface area contributed by atoms with Gasteiger partial charge in [-0.3, -0.25) is 0 Å². The number of para-hydroxylation sites is 1. The van der Waals surface area contributed by atoms with Crippen molar-refractivity contribution in [3.05, 3.63) is 29.8 Å². The van der Waals surface area contributed by atoms with Crippen LogP contribution in [0.2, 0.25) is 0 Å². The van der Waals surface area contributed by atoms with Gasteiger partial charge in [0, 0.05) is 18.2 Å². The minimum atomic E-state index is 0.705. The minimum absolute atomic E-state index is 0.705. The van der Waals surface area contributed by atoms with E-state index in [1.807, 2.05) is 0 Å². The van der Waals surface area contributed by atoms with Crippen molar-refractivity contribution in [3.63, 3.8) is 0 Å². The van der Waals surface area contributed by atoms with Crippen molar-refractivity contribution in [2.24, 2.45) is 11.8 Å². The summed E-state index contributed by atoms with van der Waals surface area (Å²) in [6.45, 7) is 5.98. The highest BCUT2D eigenvalue weighted by Crippen LogP contribution is 2.40. The summed E-state index contributed by atoms with van der Waals surface area (Å²) in [5.41, 5.74) is 2.89. The van der Waals surface area contributed by atoms with Crippen LogP contribution in [0, 0.1) is 11.8 Å². The lowest BCUT2D eigenvalue weighted by atomic mass is 9.77. The van der Waals surface area contributed by atoms with E-state index in [2.05, 4.69) is 41.8 Å². The number of fused-ring (bicyclic) bond motifs is 1.